The summed E-state index contributed by atoms with van der Waals surface area (Å²) in [5.74, 6) is 1.88. The maximum atomic E-state index is 11.8. The standard InChI is InChI=1S/C21H30O7S2/c1-21-10-9-14-15(17(21)7-8-20(21)28-30(4,24)25)6-5-13-11-19(27-29(3,22)23)18(26-2)12-16(13)14/h11-12,14-15,17,20H,5-10H2,1-4H3/t14?,15?,17?,20-,21-/m0/s1. The first-order valence-corrected chi connectivity index (χ1v) is 14.0. The van der Waals surface area contributed by atoms with Crippen LogP contribution >= 0.6 is 0 Å². The first-order valence-electron chi connectivity index (χ1n) is 10.4. The Hall–Kier alpha value is -1.32. The molecule has 0 amide bonds. The van der Waals surface area contributed by atoms with Crippen LogP contribution in [-0.2, 0) is 30.8 Å². The van der Waals surface area contributed by atoms with Crippen LogP contribution in [0, 0.1) is 17.3 Å². The van der Waals surface area contributed by atoms with Crippen molar-refractivity contribution in [3.8, 4) is 11.5 Å². The molecule has 0 aromatic heterocycles. The molecule has 3 aliphatic rings. The van der Waals surface area contributed by atoms with Crippen LogP contribution in [0.1, 0.15) is 56.1 Å². The zero-order chi connectivity index (χ0) is 21.9. The number of fused-ring (bicyclic) bond motifs is 5. The summed E-state index contributed by atoms with van der Waals surface area (Å²) >= 11 is 0. The van der Waals surface area contributed by atoms with E-state index in [1.165, 1.54) is 12.7 Å². The minimum Gasteiger partial charge on any atom is -0.493 e. The van der Waals surface area contributed by atoms with Crippen LogP contribution in [0.25, 0.3) is 0 Å². The number of hydrogen-bond donors (Lipinski definition) is 0. The number of ether oxygens (including phenoxy) is 1. The Labute approximate surface area is 179 Å². The molecule has 0 radical (unpaired) electrons. The van der Waals surface area contributed by atoms with Gasteiger partial charge in [0.15, 0.2) is 11.5 Å². The van der Waals surface area contributed by atoms with Gasteiger partial charge in [-0.1, -0.05) is 6.92 Å². The molecule has 3 aliphatic carbocycles. The fourth-order valence-corrected chi connectivity index (χ4v) is 7.48. The average Bonchev–Trinajstić information content (AvgIpc) is 2.94. The molecule has 1 aromatic rings. The molecule has 0 spiro atoms. The van der Waals surface area contributed by atoms with Gasteiger partial charge in [0.25, 0.3) is 10.1 Å². The highest BCUT2D eigenvalue weighted by Gasteiger charge is 2.56. The summed E-state index contributed by atoms with van der Waals surface area (Å²) in [5.41, 5.74) is 2.19. The van der Waals surface area contributed by atoms with Crippen LogP contribution in [0.3, 0.4) is 0 Å². The van der Waals surface area contributed by atoms with Gasteiger partial charge in [0.2, 0.25) is 0 Å². The van der Waals surface area contributed by atoms with E-state index in [9.17, 15) is 16.8 Å². The molecule has 0 aliphatic heterocycles. The molecule has 0 saturated heterocycles. The third-order valence-electron chi connectivity index (χ3n) is 7.45. The Morgan fingerprint density at radius 3 is 2.33 bits per heavy atom. The zero-order valence-electron chi connectivity index (χ0n) is 17.9. The van der Waals surface area contributed by atoms with E-state index in [1.807, 2.05) is 12.1 Å². The zero-order valence-corrected chi connectivity index (χ0v) is 19.5. The van der Waals surface area contributed by atoms with Gasteiger partial charge in [-0.15, -0.1) is 0 Å². The van der Waals surface area contributed by atoms with E-state index in [4.69, 9.17) is 13.1 Å². The summed E-state index contributed by atoms with van der Waals surface area (Å²) in [4.78, 5) is 0. The van der Waals surface area contributed by atoms with E-state index in [0.29, 0.717) is 23.5 Å². The first-order chi connectivity index (χ1) is 13.9. The summed E-state index contributed by atoms with van der Waals surface area (Å²) in [6, 6.07) is 3.75. The lowest BCUT2D eigenvalue weighted by atomic mass is 9.55. The molecule has 1 aromatic carbocycles. The number of rotatable bonds is 5. The van der Waals surface area contributed by atoms with Gasteiger partial charge in [-0.05, 0) is 85.0 Å². The number of hydrogen-bond acceptors (Lipinski definition) is 7. The van der Waals surface area contributed by atoms with Gasteiger partial charge in [0.05, 0.1) is 25.7 Å². The van der Waals surface area contributed by atoms with E-state index < -0.39 is 20.2 Å². The van der Waals surface area contributed by atoms with E-state index >= 15 is 0 Å². The highest BCUT2D eigenvalue weighted by Crippen LogP contribution is 2.62. The van der Waals surface area contributed by atoms with Crippen molar-refractivity contribution in [2.24, 2.45) is 17.3 Å². The van der Waals surface area contributed by atoms with E-state index in [1.54, 1.807) is 0 Å². The summed E-state index contributed by atoms with van der Waals surface area (Å²) in [6.45, 7) is 2.19. The van der Waals surface area contributed by atoms with Crippen molar-refractivity contribution < 1.29 is 29.9 Å². The minimum atomic E-state index is -3.64. The van der Waals surface area contributed by atoms with Gasteiger partial charge in [-0.3, -0.25) is 4.18 Å². The molecule has 9 heteroatoms. The molecule has 5 atom stereocenters. The van der Waals surface area contributed by atoms with Gasteiger partial charge < -0.3 is 8.92 Å². The third-order valence-corrected chi connectivity index (χ3v) is 8.52. The summed E-state index contributed by atoms with van der Waals surface area (Å²) < 4.78 is 62.8. The monoisotopic (exact) mass is 458 g/mol. The van der Waals surface area contributed by atoms with Gasteiger partial charge in [0, 0.05) is 0 Å². The van der Waals surface area contributed by atoms with E-state index in [2.05, 4.69) is 6.92 Å². The lowest BCUT2D eigenvalue weighted by molar-refractivity contribution is -0.00770. The summed E-state index contributed by atoms with van der Waals surface area (Å²) in [6.07, 6.45) is 7.34. The second-order valence-corrected chi connectivity index (χ2v) is 12.5. The molecule has 0 N–H and O–H groups in total. The normalized spacial score (nSPS) is 33.3. The van der Waals surface area contributed by atoms with Gasteiger partial charge >= 0.3 is 10.1 Å². The Kier molecular flexibility index (Phi) is 5.38. The molecule has 7 nitrogen and oxygen atoms in total. The fraction of sp³-hybridized carbons (Fsp3) is 0.714. The largest absolute Gasteiger partial charge is 0.493 e. The summed E-state index contributed by atoms with van der Waals surface area (Å²) in [7, 11) is -5.61. The number of methoxy groups -OCH3 is 1. The average molecular weight is 459 g/mol. The van der Waals surface area contributed by atoms with E-state index in [-0.39, 0.29) is 17.3 Å². The molecule has 168 valence electrons. The topological polar surface area (TPSA) is 96.0 Å². The van der Waals surface area contributed by atoms with Gasteiger partial charge in [-0.25, -0.2) is 0 Å². The lowest BCUT2D eigenvalue weighted by Crippen LogP contribution is -2.45. The Morgan fingerprint density at radius 2 is 1.70 bits per heavy atom. The lowest BCUT2D eigenvalue weighted by Gasteiger charge is -2.50. The van der Waals surface area contributed by atoms with Crippen molar-refractivity contribution in [2.45, 2.75) is 57.5 Å². The van der Waals surface area contributed by atoms with Crippen molar-refractivity contribution in [3.05, 3.63) is 23.3 Å². The second kappa shape index (κ2) is 7.38. The Bertz CT molecular complexity index is 1050. The van der Waals surface area contributed by atoms with Crippen LogP contribution in [0.4, 0.5) is 0 Å². The number of aryl methyl sites for hydroxylation is 1. The Balaban J connectivity index is 1.65. The molecule has 4 rings (SSSR count). The highest BCUT2D eigenvalue weighted by atomic mass is 32.2. The highest BCUT2D eigenvalue weighted by molar-refractivity contribution is 7.86. The van der Waals surface area contributed by atoms with Crippen LogP contribution in [-0.4, -0.2) is 42.6 Å². The van der Waals surface area contributed by atoms with Crippen molar-refractivity contribution in [2.75, 3.05) is 19.6 Å². The molecule has 2 fully saturated rings. The fourth-order valence-electron chi connectivity index (χ4n) is 6.29. The smallest absolute Gasteiger partial charge is 0.306 e. The van der Waals surface area contributed by atoms with Crippen molar-refractivity contribution >= 4 is 20.2 Å². The quantitative estimate of drug-likeness (QED) is 0.625. The van der Waals surface area contributed by atoms with Crippen molar-refractivity contribution in [3.63, 3.8) is 0 Å². The van der Waals surface area contributed by atoms with Crippen LogP contribution < -0.4 is 8.92 Å². The molecule has 30 heavy (non-hydrogen) atoms. The Morgan fingerprint density at radius 1 is 0.967 bits per heavy atom. The third kappa shape index (κ3) is 3.96. The molecule has 3 unspecified atom stereocenters. The maximum Gasteiger partial charge on any atom is 0.306 e. The molecule has 0 heterocycles. The van der Waals surface area contributed by atoms with Gasteiger partial charge in [-0.2, -0.15) is 16.8 Å². The predicted molar refractivity (Wildman–Crippen MR) is 113 cm³/mol. The van der Waals surface area contributed by atoms with Crippen LogP contribution in [0.15, 0.2) is 12.1 Å². The van der Waals surface area contributed by atoms with Crippen LogP contribution in [0.5, 0.6) is 11.5 Å². The molecule has 2 saturated carbocycles. The van der Waals surface area contributed by atoms with E-state index in [0.717, 1.165) is 56.6 Å². The molecular weight excluding hydrogens is 428 g/mol. The molecule has 0 bridgehead atoms. The first kappa shape index (κ1) is 21.9. The van der Waals surface area contributed by atoms with Gasteiger partial charge in [0.1, 0.15) is 0 Å². The van der Waals surface area contributed by atoms with Crippen molar-refractivity contribution in [1.82, 2.24) is 0 Å². The molecular formula is C21H30O7S2. The SMILES string of the molecule is COc1cc2c(cc1OS(C)(=O)=O)CCC1C2CC[C@@]2(C)C1CC[C@@H]2OS(C)(=O)=O. The minimum absolute atomic E-state index is 0.134. The maximum absolute atomic E-state index is 11.8. The van der Waals surface area contributed by atoms with Crippen LogP contribution in [0.2, 0.25) is 0 Å². The second-order valence-electron chi connectivity index (χ2n) is 9.32. The summed E-state index contributed by atoms with van der Waals surface area (Å²) in [5, 5.41) is 0. The predicted octanol–water partition coefficient (Wildman–Crippen LogP) is 3.23. The van der Waals surface area contributed by atoms with Crippen molar-refractivity contribution in [1.29, 1.82) is 0 Å². The number of benzene rings is 1.